The Bertz CT molecular complexity index is 442. The van der Waals surface area contributed by atoms with Crippen LogP contribution < -0.4 is 10.9 Å². The zero-order valence-electron chi connectivity index (χ0n) is 11.8. The Morgan fingerprint density at radius 3 is 2.61 bits per heavy atom. The average Bonchev–Trinajstić information content (AvgIpc) is 2.26. The second-order valence-corrected chi connectivity index (χ2v) is 4.60. The van der Waals surface area contributed by atoms with Crippen LogP contribution in [0.25, 0.3) is 0 Å². The molecule has 0 aliphatic rings. The number of hydrogen-bond donors (Lipinski definition) is 2. The molecule has 18 heavy (non-hydrogen) atoms. The normalized spacial score (nSPS) is 14.5. The Balaban J connectivity index is 2.90. The minimum atomic E-state index is -0.0627. The number of aryl methyl sites for hydroxylation is 2. The van der Waals surface area contributed by atoms with Crippen molar-refractivity contribution in [3.63, 3.8) is 0 Å². The van der Waals surface area contributed by atoms with Crippen molar-refractivity contribution in [2.45, 2.75) is 46.2 Å². The number of aromatic nitrogens is 2. The van der Waals surface area contributed by atoms with Gasteiger partial charge in [-0.1, -0.05) is 6.92 Å². The minimum absolute atomic E-state index is 0.0399. The van der Waals surface area contributed by atoms with Crippen molar-refractivity contribution in [1.29, 1.82) is 0 Å². The molecule has 1 heterocycles. The lowest BCUT2D eigenvalue weighted by molar-refractivity contribution is 0.159. The van der Waals surface area contributed by atoms with E-state index in [-0.39, 0.29) is 17.6 Å². The van der Waals surface area contributed by atoms with Crippen LogP contribution in [0.4, 0.5) is 0 Å². The Labute approximate surface area is 108 Å². The third-order valence-corrected chi connectivity index (χ3v) is 3.04. The molecule has 0 spiro atoms. The first-order valence-electron chi connectivity index (χ1n) is 6.32. The van der Waals surface area contributed by atoms with Crippen molar-refractivity contribution in [3.8, 4) is 0 Å². The summed E-state index contributed by atoms with van der Waals surface area (Å²) in [6, 6.07) is 0.201. The van der Waals surface area contributed by atoms with Gasteiger partial charge in [0, 0.05) is 24.9 Å². The van der Waals surface area contributed by atoms with E-state index >= 15 is 0 Å². The Morgan fingerprint density at radius 1 is 1.44 bits per heavy atom. The van der Waals surface area contributed by atoms with Crippen molar-refractivity contribution < 1.29 is 4.74 Å². The van der Waals surface area contributed by atoms with Gasteiger partial charge in [0.15, 0.2) is 0 Å². The van der Waals surface area contributed by atoms with E-state index in [4.69, 9.17) is 4.74 Å². The highest BCUT2D eigenvalue weighted by molar-refractivity contribution is 5.20. The third-order valence-electron chi connectivity index (χ3n) is 3.04. The number of aromatic amines is 1. The number of nitrogens with one attached hydrogen (secondary N) is 2. The summed E-state index contributed by atoms with van der Waals surface area (Å²) in [5.74, 6) is 0.650. The zero-order chi connectivity index (χ0) is 13.7. The molecule has 0 aliphatic carbocycles. The van der Waals surface area contributed by atoms with Gasteiger partial charge >= 0.3 is 0 Å². The molecule has 1 rings (SSSR count). The van der Waals surface area contributed by atoms with Gasteiger partial charge in [-0.3, -0.25) is 4.79 Å². The van der Waals surface area contributed by atoms with Crippen LogP contribution in [0.15, 0.2) is 4.79 Å². The summed E-state index contributed by atoms with van der Waals surface area (Å²) in [4.78, 5) is 19.0. The number of nitrogens with zero attached hydrogens (tertiary/aromatic N) is 1. The highest BCUT2D eigenvalue weighted by atomic mass is 16.5. The first kappa shape index (κ1) is 14.9. The quantitative estimate of drug-likeness (QED) is 0.805. The molecule has 0 amide bonds. The topological polar surface area (TPSA) is 67.0 Å². The lowest BCUT2D eigenvalue weighted by Crippen LogP contribution is -2.37. The summed E-state index contributed by atoms with van der Waals surface area (Å²) in [7, 11) is 1.68. The fraction of sp³-hybridized carbons (Fsp3) is 0.692. The zero-order valence-corrected chi connectivity index (χ0v) is 11.8. The predicted molar refractivity (Wildman–Crippen MR) is 71.8 cm³/mol. The van der Waals surface area contributed by atoms with Crippen LogP contribution in [0.3, 0.4) is 0 Å². The molecular weight excluding hydrogens is 230 g/mol. The standard InChI is InChI=1S/C13H23N3O2/c1-6-11(7-18-5)15-9(3)12-8(2)14-10(4)16-13(12)17/h9,11,15H,6-7H2,1-5H3,(H,14,16,17). The summed E-state index contributed by atoms with van der Waals surface area (Å²) in [5, 5.41) is 3.40. The number of hydrogen-bond acceptors (Lipinski definition) is 4. The summed E-state index contributed by atoms with van der Waals surface area (Å²) in [6.07, 6.45) is 0.953. The molecule has 0 aromatic carbocycles. The monoisotopic (exact) mass is 253 g/mol. The second kappa shape index (κ2) is 6.66. The van der Waals surface area contributed by atoms with Crippen LogP contribution in [0, 0.1) is 13.8 Å². The molecule has 2 N–H and O–H groups in total. The lowest BCUT2D eigenvalue weighted by Gasteiger charge is -2.22. The maximum Gasteiger partial charge on any atom is 0.255 e. The SMILES string of the molecule is CCC(COC)NC(C)c1c(C)nc(C)[nH]c1=O. The van der Waals surface area contributed by atoms with Crippen LogP contribution in [-0.4, -0.2) is 29.7 Å². The van der Waals surface area contributed by atoms with Gasteiger partial charge in [0.1, 0.15) is 5.82 Å². The molecule has 1 aromatic heterocycles. The summed E-state index contributed by atoms with van der Waals surface area (Å²) in [5.41, 5.74) is 1.42. The van der Waals surface area contributed by atoms with E-state index in [9.17, 15) is 4.79 Å². The van der Waals surface area contributed by atoms with Crippen LogP contribution in [0.1, 0.15) is 43.4 Å². The maximum atomic E-state index is 12.0. The lowest BCUT2D eigenvalue weighted by atomic mass is 10.1. The van der Waals surface area contributed by atoms with Crippen LogP contribution in [-0.2, 0) is 4.74 Å². The molecule has 2 atom stereocenters. The van der Waals surface area contributed by atoms with Crippen molar-refractivity contribution in [1.82, 2.24) is 15.3 Å². The summed E-state index contributed by atoms with van der Waals surface area (Å²) in [6.45, 7) is 8.36. The van der Waals surface area contributed by atoms with Gasteiger partial charge in [0.05, 0.1) is 12.2 Å². The fourth-order valence-electron chi connectivity index (χ4n) is 2.17. The number of rotatable bonds is 6. The molecule has 0 fully saturated rings. The molecule has 1 aromatic rings. The number of methoxy groups -OCH3 is 1. The largest absolute Gasteiger partial charge is 0.383 e. The third kappa shape index (κ3) is 3.65. The molecule has 0 radical (unpaired) electrons. The van der Waals surface area contributed by atoms with Crippen molar-refractivity contribution >= 4 is 0 Å². The van der Waals surface area contributed by atoms with Crippen LogP contribution >= 0.6 is 0 Å². The first-order chi connectivity index (χ1) is 8.49. The van der Waals surface area contributed by atoms with Gasteiger partial charge in [-0.2, -0.15) is 0 Å². The van der Waals surface area contributed by atoms with E-state index in [1.165, 1.54) is 0 Å². The fourth-order valence-corrected chi connectivity index (χ4v) is 2.17. The smallest absolute Gasteiger partial charge is 0.255 e. The van der Waals surface area contributed by atoms with Crippen molar-refractivity contribution in [2.24, 2.45) is 0 Å². The molecule has 0 bridgehead atoms. The van der Waals surface area contributed by atoms with Crippen molar-refractivity contribution in [3.05, 3.63) is 27.4 Å². The van der Waals surface area contributed by atoms with Gasteiger partial charge in [0.25, 0.3) is 5.56 Å². The minimum Gasteiger partial charge on any atom is -0.383 e. The Kier molecular flexibility index (Phi) is 5.50. The molecule has 0 aliphatic heterocycles. The van der Waals surface area contributed by atoms with Crippen LogP contribution in [0.2, 0.25) is 0 Å². The molecule has 0 saturated heterocycles. The Morgan fingerprint density at radius 2 is 2.11 bits per heavy atom. The van der Waals surface area contributed by atoms with Gasteiger partial charge in [-0.25, -0.2) is 4.98 Å². The van der Waals surface area contributed by atoms with Gasteiger partial charge in [-0.05, 0) is 27.2 Å². The van der Waals surface area contributed by atoms with Crippen LogP contribution in [0.5, 0.6) is 0 Å². The van der Waals surface area contributed by atoms with E-state index in [2.05, 4.69) is 22.2 Å². The average molecular weight is 253 g/mol. The maximum absolute atomic E-state index is 12.0. The van der Waals surface area contributed by atoms with E-state index < -0.39 is 0 Å². The van der Waals surface area contributed by atoms with E-state index in [0.717, 1.165) is 12.1 Å². The van der Waals surface area contributed by atoms with Gasteiger partial charge in [0.2, 0.25) is 0 Å². The molecule has 5 nitrogen and oxygen atoms in total. The molecular formula is C13H23N3O2. The highest BCUT2D eigenvalue weighted by Gasteiger charge is 2.17. The highest BCUT2D eigenvalue weighted by Crippen LogP contribution is 2.12. The van der Waals surface area contributed by atoms with E-state index in [1.54, 1.807) is 14.0 Å². The molecule has 2 unspecified atom stereocenters. The van der Waals surface area contributed by atoms with E-state index in [0.29, 0.717) is 18.0 Å². The number of H-pyrrole nitrogens is 1. The van der Waals surface area contributed by atoms with E-state index in [1.807, 2.05) is 13.8 Å². The molecule has 5 heteroatoms. The summed E-state index contributed by atoms with van der Waals surface area (Å²) < 4.78 is 5.15. The second-order valence-electron chi connectivity index (χ2n) is 4.60. The first-order valence-corrected chi connectivity index (χ1v) is 6.32. The van der Waals surface area contributed by atoms with Gasteiger partial charge < -0.3 is 15.0 Å². The molecule has 0 saturated carbocycles. The van der Waals surface area contributed by atoms with Crippen molar-refractivity contribution in [2.75, 3.05) is 13.7 Å². The summed E-state index contributed by atoms with van der Waals surface area (Å²) >= 11 is 0. The predicted octanol–water partition coefficient (Wildman–Crippen LogP) is 1.46. The number of ether oxygens (including phenoxy) is 1. The Hall–Kier alpha value is -1.20. The van der Waals surface area contributed by atoms with Gasteiger partial charge in [-0.15, -0.1) is 0 Å². The molecule has 102 valence electrons.